The molecular formula is C12H22N2O5S. The van der Waals surface area contributed by atoms with Gasteiger partial charge in [-0.1, -0.05) is 0 Å². The number of carbonyl (C=O) groups is 2. The van der Waals surface area contributed by atoms with Crippen LogP contribution in [0.25, 0.3) is 0 Å². The van der Waals surface area contributed by atoms with Crippen molar-refractivity contribution in [2.24, 2.45) is 0 Å². The number of rotatable bonds is 8. The second-order valence-electron chi connectivity index (χ2n) is 5.18. The molecule has 0 bridgehead atoms. The molecule has 0 aromatic heterocycles. The molecule has 1 fully saturated rings. The van der Waals surface area contributed by atoms with Crippen molar-refractivity contribution < 1.29 is 23.1 Å². The van der Waals surface area contributed by atoms with Gasteiger partial charge in [-0.3, -0.25) is 4.79 Å². The molecular weight excluding hydrogens is 284 g/mol. The predicted octanol–water partition coefficient (Wildman–Crippen LogP) is -0.524. The molecule has 0 saturated carbocycles. The minimum absolute atomic E-state index is 0.108. The molecule has 1 heterocycles. The summed E-state index contributed by atoms with van der Waals surface area (Å²) in [6.07, 6.45) is 3.44. The van der Waals surface area contributed by atoms with Gasteiger partial charge in [0.2, 0.25) is 5.91 Å². The highest BCUT2D eigenvalue weighted by Gasteiger charge is 2.22. The van der Waals surface area contributed by atoms with Gasteiger partial charge in [0.1, 0.15) is 15.9 Å². The van der Waals surface area contributed by atoms with Crippen LogP contribution >= 0.6 is 0 Å². The first-order valence-corrected chi connectivity index (χ1v) is 8.76. The molecule has 2 N–H and O–H groups in total. The van der Waals surface area contributed by atoms with Crippen molar-refractivity contribution in [3.8, 4) is 0 Å². The highest BCUT2D eigenvalue weighted by molar-refractivity contribution is 7.90. The molecule has 116 valence electrons. The summed E-state index contributed by atoms with van der Waals surface area (Å²) in [5, 5.41) is 11.4. The average Bonchev–Trinajstić information content (AvgIpc) is 2.83. The normalized spacial score (nSPS) is 17.9. The summed E-state index contributed by atoms with van der Waals surface area (Å²) in [5.74, 6) is -1.81. The number of carbonyl (C=O) groups excluding carboxylic acids is 1. The minimum Gasteiger partial charge on any atom is -0.480 e. The van der Waals surface area contributed by atoms with E-state index in [1.165, 1.54) is 0 Å². The lowest BCUT2D eigenvalue weighted by atomic mass is 10.2. The molecule has 1 amide bonds. The van der Waals surface area contributed by atoms with Crippen molar-refractivity contribution >= 4 is 21.7 Å². The maximum atomic E-state index is 11.7. The molecule has 0 aromatic rings. The Labute approximate surface area is 119 Å². The summed E-state index contributed by atoms with van der Waals surface area (Å²) in [5.41, 5.74) is 0. The van der Waals surface area contributed by atoms with Crippen molar-refractivity contribution in [1.29, 1.82) is 0 Å². The number of hydrogen-bond donors (Lipinski definition) is 2. The van der Waals surface area contributed by atoms with E-state index < -0.39 is 21.8 Å². The zero-order valence-electron chi connectivity index (χ0n) is 11.7. The molecule has 1 aliphatic rings. The van der Waals surface area contributed by atoms with E-state index in [4.69, 9.17) is 5.11 Å². The van der Waals surface area contributed by atoms with E-state index in [-0.39, 0.29) is 24.5 Å². The van der Waals surface area contributed by atoms with E-state index in [0.29, 0.717) is 6.54 Å². The van der Waals surface area contributed by atoms with Crippen molar-refractivity contribution in [3.05, 3.63) is 0 Å². The topological polar surface area (TPSA) is 104 Å². The fourth-order valence-electron chi connectivity index (χ4n) is 2.12. The van der Waals surface area contributed by atoms with Crippen LogP contribution in [0.3, 0.4) is 0 Å². The number of hydrogen-bond acceptors (Lipinski definition) is 5. The Morgan fingerprint density at radius 3 is 2.40 bits per heavy atom. The van der Waals surface area contributed by atoms with E-state index >= 15 is 0 Å². The highest BCUT2D eigenvalue weighted by Crippen LogP contribution is 2.07. The van der Waals surface area contributed by atoms with E-state index in [9.17, 15) is 18.0 Å². The van der Waals surface area contributed by atoms with Gasteiger partial charge in [0.05, 0.1) is 5.75 Å². The van der Waals surface area contributed by atoms with Gasteiger partial charge in [-0.25, -0.2) is 13.2 Å². The van der Waals surface area contributed by atoms with Crippen LogP contribution in [0, 0.1) is 0 Å². The quantitative estimate of drug-likeness (QED) is 0.625. The number of carboxylic acid groups (broad SMARTS) is 1. The Bertz CT molecular complexity index is 443. The van der Waals surface area contributed by atoms with Gasteiger partial charge in [0, 0.05) is 19.2 Å². The van der Waals surface area contributed by atoms with Crippen molar-refractivity contribution in [2.75, 3.05) is 31.6 Å². The van der Waals surface area contributed by atoms with Crippen LogP contribution in [-0.2, 0) is 19.4 Å². The van der Waals surface area contributed by atoms with E-state index in [1.807, 2.05) is 0 Å². The Balaban J connectivity index is 2.36. The van der Waals surface area contributed by atoms with Gasteiger partial charge in [-0.05, 0) is 32.4 Å². The molecule has 7 nitrogen and oxygen atoms in total. The third kappa shape index (κ3) is 6.85. The van der Waals surface area contributed by atoms with Gasteiger partial charge < -0.3 is 15.3 Å². The second kappa shape index (κ2) is 7.58. The van der Waals surface area contributed by atoms with Crippen molar-refractivity contribution in [2.45, 2.75) is 31.7 Å². The first kappa shape index (κ1) is 16.9. The largest absolute Gasteiger partial charge is 0.480 e. The number of carboxylic acids is 1. The SMILES string of the molecule is CS(=O)(=O)CCC(NC(=O)CCN1CCCC1)C(=O)O. The van der Waals surface area contributed by atoms with E-state index in [0.717, 1.165) is 32.2 Å². The summed E-state index contributed by atoms with van der Waals surface area (Å²) >= 11 is 0. The van der Waals surface area contributed by atoms with Gasteiger partial charge in [-0.15, -0.1) is 0 Å². The maximum absolute atomic E-state index is 11.7. The summed E-state index contributed by atoms with van der Waals surface area (Å²) in [7, 11) is -3.24. The molecule has 1 saturated heterocycles. The Morgan fingerprint density at radius 1 is 1.30 bits per heavy atom. The first-order valence-electron chi connectivity index (χ1n) is 6.70. The molecule has 1 rings (SSSR count). The van der Waals surface area contributed by atoms with Gasteiger partial charge in [0.15, 0.2) is 0 Å². The van der Waals surface area contributed by atoms with Gasteiger partial charge in [-0.2, -0.15) is 0 Å². The third-order valence-corrected chi connectivity index (χ3v) is 4.24. The fraction of sp³-hybridized carbons (Fsp3) is 0.833. The second-order valence-corrected chi connectivity index (χ2v) is 7.44. The van der Waals surface area contributed by atoms with Gasteiger partial charge in [0.25, 0.3) is 0 Å². The van der Waals surface area contributed by atoms with Crippen LogP contribution in [-0.4, -0.2) is 68.0 Å². The zero-order valence-corrected chi connectivity index (χ0v) is 12.5. The Kier molecular flexibility index (Phi) is 6.41. The molecule has 0 aliphatic carbocycles. The van der Waals surface area contributed by atoms with Crippen molar-refractivity contribution in [1.82, 2.24) is 10.2 Å². The predicted molar refractivity (Wildman–Crippen MR) is 74.2 cm³/mol. The maximum Gasteiger partial charge on any atom is 0.326 e. The van der Waals surface area contributed by atoms with E-state index in [1.54, 1.807) is 0 Å². The highest BCUT2D eigenvalue weighted by atomic mass is 32.2. The summed E-state index contributed by atoms with van der Waals surface area (Å²) in [6.45, 7) is 2.57. The van der Waals surface area contributed by atoms with Crippen LogP contribution in [0.1, 0.15) is 25.7 Å². The molecule has 8 heteroatoms. The lowest BCUT2D eigenvalue weighted by Gasteiger charge is -2.17. The van der Waals surface area contributed by atoms with Crippen molar-refractivity contribution in [3.63, 3.8) is 0 Å². The first-order chi connectivity index (χ1) is 9.28. The standard InChI is InChI=1S/C12H22N2O5S/c1-20(18,19)9-5-10(12(16)17)13-11(15)4-8-14-6-2-3-7-14/h10H,2-9H2,1H3,(H,13,15)(H,16,17). The van der Waals surface area contributed by atoms with E-state index in [2.05, 4.69) is 10.2 Å². The molecule has 0 aromatic carbocycles. The van der Waals surface area contributed by atoms with Crippen LogP contribution in [0.5, 0.6) is 0 Å². The summed E-state index contributed by atoms with van der Waals surface area (Å²) in [4.78, 5) is 24.8. The minimum atomic E-state index is -3.24. The fourth-order valence-corrected chi connectivity index (χ4v) is 2.79. The number of nitrogens with zero attached hydrogens (tertiary/aromatic N) is 1. The molecule has 0 spiro atoms. The number of nitrogens with one attached hydrogen (secondary N) is 1. The molecule has 1 atom stereocenters. The Hall–Kier alpha value is -1.15. The lowest BCUT2D eigenvalue weighted by molar-refractivity contribution is -0.141. The number of likely N-dealkylation sites (tertiary alicyclic amines) is 1. The third-order valence-electron chi connectivity index (χ3n) is 3.26. The monoisotopic (exact) mass is 306 g/mol. The Morgan fingerprint density at radius 2 is 1.90 bits per heavy atom. The van der Waals surface area contributed by atoms with Crippen LogP contribution in [0.2, 0.25) is 0 Å². The number of sulfone groups is 1. The average molecular weight is 306 g/mol. The summed E-state index contributed by atoms with van der Waals surface area (Å²) in [6, 6.07) is -1.14. The zero-order chi connectivity index (χ0) is 15.2. The lowest BCUT2D eigenvalue weighted by Crippen LogP contribution is -2.42. The molecule has 1 aliphatic heterocycles. The van der Waals surface area contributed by atoms with Crippen LogP contribution in [0.15, 0.2) is 0 Å². The number of amides is 1. The molecule has 0 radical (unpaired) electrons. The molecule has 1 unspecified atom stereocenters. The number of aliphatic carboxylic acids is 1. The smallest absolute Gasteiger partial charge is 0.326 e. The summed E-state index contributed by atoms with van der Waals surface area (Å²) < 4.78 is 22.1. The van der Waals surface area contributed by atoms with Crippen LogP contribution < -0.4 is 5.32 Å². The van der Waals surface area contributed by atoms with Gasteiger partial charge >= 0.3 is 5.97 Å². The van der Waals surface area contributed by atoms with Crippen LogP contribution in [0.4, 0.5) is 0 Å². The molecule has 20 heavy (non-hydrogen) atoms.